The Morgan fingerprint density at radius 2 is 1.85 bits per heavy atom. The highest BCUT2D eigenvalue weighted by Gasteiger charge is 2.48. The monoisotopic (exact) mass is 394 g/mol. The molecular weight excluding hydrogens is 372 g/mol. The predicted molar refractivity (Wildman–Crippen MR) is 98.7 cm³/mol. The molecule has 27 heavy (non-hydrogen) atoms. The van der Waals surface area contributed by atoms with Crippen LogP contribution in [-0.2, 0) is 28.5 Å². The topological polar surface area (TPSA) is 71.1 Å². The molecule has 2 aliphatic heterocycles. The SMILES string of the molecule is CC1(C)OCC(C2OC(=O)C(OC(=O)C(C)(C)C)=C2c2ccc(Cl)cc2)O1. The normalized spacial score (nSPS) is 24.9. The summed E-state index contributed by atoms with van der Waals surface area (Å²) in [6, 6.07) is 6.89. The number of rotatable bonds is 3. The Kier molecular flexibility index (Phi) is 5.10. The fourth-order valence-corrected chi connectivity index (χ4v) is 2.99. The van der Waals surface area contributed by atoms with Crippen molar-refractivity contribution < 1.29 is 28.5 Å². The van der Waals surface area contributed by atoms with Gasteiger partial charge in [-0.1, -0.05) is 23.7 Å². The molecule has 0 aliphatic carbocycles. The van der Waals surface area contributed by atoms with E-state index in [1.54, 1.807) is 58.9 Å². The van der Waals surface area contributed by atoms with Gasteiger partial charge in [0.15, 0.2) is 11.9 Å². The number of hydrogen-bond acceptors (Lipinski definition) is 6. The summed E-state index contributed by atoms with van der Waals surface area (Å²) in [6.07, 6.45) is -1.26. The number of carbonyl (C=O) groups excluding carboxylic acids is 2. The van der Waals surface area contributed by atoms with Crippen molar-refractivity contribution in [3.8, 4) is 0 Å². The summed E-state index contributed by atoms with van der Waals surface area (Å²) in [5, 5.41) is 0.552. The van der Waals surface area contributed by atoms with Crippen LogP contribution >= 0.6 is 11.6 Å². The number of benzene rings is 1. The Labute approximate surface area is 163 Å². The van der Waals surface area contributed by atoms with Crippen LogP contribution in [0.1, 0.15) is 40.2 Å². The van der Waals surface area contributed by atoms with Crippen molar-refractivity contribution in [2.45, 2.75) is 52.6 Å². The fourth-order valence-electron chi connectivity index (χ4n) is 2.86. The first-order valence-electron chi connectivity index (χ1n) is 8.73. The molecule has 0 aromatic heterocycles. The Hall–Kier alpha value is -1.89. The minimum Gasteiger partial charge on any atom is -0.449 e. The molecule has 0 bridgehead atoms. The number of hydrogen-bond donors (Lipinski definition) is 0. The van der Waals surface area contributed by atoms with Gasteiger partial charge < -0.3 is 18.9 Å². The molecule has 7 heteroatoms. The molecule has 1 aromatic rings. The van der Waals surface area contributed by atoms with Crippen LogP contribution in [-0.4, -0.2) is 36.5 Å². The molecule has 0 spiro atoms. The van der Waals surface area contributed by atoms with Gasteiger partial charge in [-0.2, -0.15) is 0 Å². The van der Waals surface area contributed by atoms with E-state index in [4.69, 9.17) is 30.5 Å². The molecule has 2 atom stereocenters. The quantitative estimate of drug-likeness (QED) is 0.728. The number of cyclic esters (lactones) is 1. The van der Waals surface area contributed by atoms with Crippen LogP contribution in [0.15, 0.2) is 30.0 Å². The molecule has 1 fully saturated rings. The average molecular weight is 395 g/mol. The molecule has 2 aliphatic rings. The summed E-state index contributed by atoms with van der Waals surface area (Å²) in [5.41, 5.74) is 0.353. The lowest BCUT2D eigenvalue weighted by Gasteiger charge is -2.22. The number of halogens is 1. The molecule has 2 unspecified atom stereocenters. The van der Waals surface area contributed by atoms with E-state index in [2.05, 4.69) is 0 Å². The Morgan fingerprint density at radius 3 is 2.37 bits per heavy atom. The average Bonchev–Trinajstić information content (AvgIpc) is 3.08. The highest BCUT2D eigenvalue weighted by Crippen LogP contribution is 2.39. The summed E-state index contributed by atoms with van der Waals surface area (Å²) < 4.78 is 22.5. The Morgan fingerprint density at radius 1 is 1.22 bits per heavy atom. The first-order valence-corrected chi connectivity index (χ1v) is 9.11. The van der Waals surface area contributed by atoms with E-state index in [1.807, 2.05) is 0 Å². The highest BCUT2D eigenvalue weighted by molar-refractivity contribution is 6.30. The molecule has 1 aromatic carbocycles. The van der Waals surface area contributed by atoms with Gasteiger partial charge in [0.25, 0.3) is 0 Å². The standard InChI is InChI=1S/C20H23ClO6/c1-19(2,3)18(23)26-16-14(11-6-8-12(21)9-7-11)15(25-17(16)22)13-10-24-20(4,5)27-13/h6-9,13,15H,10H2,1-5H3. The summed E-state index contributed by atoms with van der Waals surface area (Å²) in [7, 11) is 0. The summed E-state index contributed by atoms with van der Waals surface area (Å²) in [4.78, 5) is 24.9. The van der Waals surface area contributed by atoms with Gasteiger partial charge >= 0.3 is 11.9 Å². The minimum atomic E-state index is -0.785. The number of esters is 2. The minimum absolute atomic E-state index is 0.115. The van der Waals surface area contributed by atoms with Crippen molar-refractivity contribution in [2.24, 2.45) is 5.41 Å². The van der Waals surface area contributed by atoms with Crippen LogP contribution in [0.5, 0.6) is 0 Å². The van der Waals surface area contributed by atoms with Crippen LogP contribution in [0.3, 0.4) is 0 Å². The lowest BCUT2D eigenvalue weighted by molar-refractivity contribution is -0.163. The van der Waals surface area contributed by atoms with Crippen molar-refractivity contribution in [3.05, 3.63) is 40.6 Å². The third-order valence-corrected chi connectivity index (χ3v) is 4.53. The van der Waals surface area contributed by atoms with Gasteiger partial charge in [0.1, 0.15) is 6.10 Å². The molecule has 0 saturated carbocycles. The third kappa shape index (κ3) is 4.18. The molecule has 0 amide bonds. The predicted octanol–water partition coefficient (Wildman–Crippen LogP) is 3.72. The maximum Gasteiger partial charge on any atom is 0.375 e. The van der Waals surface area contributed by atoms with Crippen LogP contribution in [0.4, 0.5) is 0 Å². The van der Waals surface area contributed by atoms with Gasteiger partial charge in [-0.25, -0.2) is 4.79 Å². The first kappa shape index (κ1) is 19.9. The van der Waals surface area contributed by atoms with Gasteiger partial charge in [-0.05, 0) is 52.3 Å². The summed E-state index contributed by atoms with van der Waals surface area (Å²) in [5.74, 6) is -2.12. The molecule has 6 nitrogen and oxygen atoms in total. The second kappa shape index (κ2) is 6.93. The van der Waals surface area contributed by atoms with E-state index >= 15 is 0 Å². The van der Waals surface area contributed by atoms with Gasteiger partial charge in [0.2, 0.25) is 5.76 Å². The zero-order valence-corrected chi connectivity index (χ0v) is 16.8. The second-order valence-corrected chi connectivity index (χ2v) is 8.52. The third-order valence-electron chi connectivity index (χ3n) is 4.28. The van der Waals surface area contributed by atoms with E-state index in [0.717, 1.165) is 0 Å². The largest absolute Gasteiger partial charge is 0.449 e. The van der Waals surface area contributed by atoms with Crippen LogP contribution in [0.2, 0.25) is 5.02 Å². The van der Waals surface area contributed by atoms with Gasteiger partial charge in [-0.3, -0.25) is 4.79 Å². The van der Waals surface area contributed by atoms with Crippen LogP contribution < -0.4 is 0 Å². The molecule has 0 N–H and O–H groups in total. The summed E-state index contributed by atoms with van der Waals surface area (Å²) >= 11 is 5.98. The highest BCUT2D eigenvalue weighted by atomic mass is 35.5. The van der Waals surface area contributed by atoms with E-state index in [1.165, 1.54) is 0 Å². The Balaban J connectivity index is 2.03. The van der Waals surface area contributed by atoms with Gasteiger partial charge in [0.05, 0.1) is 17.6 Å². The smallest absolute Gasteiger partial charge is 0.375 e. The molecular formula is C20H23ClO6. The second-order valence-electron chi connectivity index (χ2n) is 8.08. The molecule has 1 saturated heterocycles. The lowest BCUT2D eigenvalue weighted by atomic mass is 9.96. The van der Waals surface area contributed by atoms with E-state index in [-0.39, 0.29) is 12.4 Å². The van der Waals surface area contributed by atoms with E-state index in [0.29, 0.717) is 16.2 Å². The molecule has 3 rings (SSSR count). The van der Waals surface area contributed by atoms with Crippen molar-refractivity contribution in [2.75, 3.05) is 6.61 Å². The maximum atomic E-state index is 12.5. The zero-order chi connectivity index (χ0) is 20.0. The summed E-state index contributed by atoms with van der Waals surface area (Å²) in [6.45, 7) is 8.97. The Bertz CT molecular complexity index is 788. The van der Waals surface area contributed by atoms with Crippen molar-refractivity contribution in [1.82, 2.24) is 0 Å². The van der Waals surface area contributed by atoms with Crippen molar-refractivity contribution >= 4 is 29.1 Å². The fraction of sp³-hybridized carbons (Fsp3) is 0.500. The molecule has 0 radical (unpaired) electrons. The van der Waals surface area contributed by atoms with E-state index < -0.39 is 35.3 Å². The van der Waals surface area contributed by atoms with Crippen molar-refractivity contribution in [3.63, 3.8) is 0 Å². The lowest BCUT2D eigenvalue weighted by Crippen LogP contribution is -2.32. The zero-order valence-electron chi connectivity index (χ0n) is 16.0. The van der Waals surface area contributed by atoms with Gasteiger partial charge in [0, 0.05) is 5.02 Å². The number of ether oxygens (including phenoxy) is 4. The van der Waals surface area contributed by atoms with Gasteiger partial charge in [-0.15, -0.1) is 0 Å². The van der Waals surface area contributed by atoms with Crippen LogP contribution in [0, 0.1) is 5.41 Å². The molecule has 146 valence electrons. The molecule has 2 heterocycles. The number of carbonyl (C=O) groups is 2. The first-order chi connectivity index (χ1) is 12.5. The van der Waals surface area contributed by atoms with Crippen molar-refractivity contribution in [1.29, 1.82) is 0 Å². The van der Waals surface area contributed by atoms with Crippen LogP contribution in [0.25, 0.3) is 5.57 Å². The van der Waals surface area contributed by atoms with E-state index in [9.17, 15) is 9.59 Å². The maximum absolute atomic E-state index is 12.5.